The number of para-hydroxylation sites is 1. The fourth-order valence-corrected chi connectivity index (χ4v) is 2.61. The lowest BCUT2D eigenvalue weighted by atomic mass is 9.88. The lowest BCUT2D eigenvalue weighted by molar-refractivity contribution is -0.147. The molecule has 1 aromatic heterocycles. The molecule has 108 valence electrons. The fourth-order valence-electron chi connectivity index (χ4n) is 2.61. The number of carbonyl (C=O) groups is 1. The second kappa shape index (κ2) is 5.70. The molecule has 2 aromatic rings. The molecule has 3 heteroatoms. The molecule has 0 fully saturated rings. The van der Waals surface area contributed by atoms with E-state index >= 15 is 0 Å². The highest BCUT2D eigenvalue weighted by molar-refractivity contribution is 5.83. The van der Waals surface area contributed by atoms with Gasteiger partial charge in [0.05, 0.1) is 10.9 Å². The minimum absolute atomic E-state index is 0.642. The van der Waals surface area contributed by atoms with E-state index < -0.39 is 11.4 Å². The van der Waals surface area contributed by atoms with Crippen LogP contribution in [0, 0.1) is 5.41 Å². The molecule has 1 aromatic carbocycles. The van der Waals surface area contributed by atoms with Gasteiger partial charge >= 0.3 is 5.97 Å². The average molecular weight is 273 g/mol. The number of fused-ring (bicyclic) bond motifs is 1. The normalized spacial score (nSPS) is 11.9. The molecular weight excluding hydrogens is 250 g/mol. The van der Waals surface area contributed by atoms with E-state index in [9.17, 15) is 4.79 Å². The van der Waals surface area contributed by atoms with Gasteiger partial charge in [0, 0.05) is 12.7 Å². The number of rotatable bonds is 6. The molecular formula is C17H23NO2. The highest BCUT2D eigenvalue weighted by atomic mass is 16.4. The molecule has 0 saturated carbocycles. The first-order chi connectivity index (χ1) is 9.45. The summed E-state index contributed by atoms with van der Waals surface area (Å²) in [6.45, 7) is 6.62. The highest BCUT2D eigenvalue weighted by Gasteiger charge is 2.26. The molecule has 0 unspecified atom stereocenters. The van der Waals surface area contributed by atoms with Crippen LogP contribution in [0.15, 0.2) is 30.5 Å². The maximum absolute atomic E-state index is 11.1. The lowest BCUT2D eigenvalue weighted by Crippen LogP contribution is -2.23. The van der Waals surface area contributed by atoms with E-state index in [1.807, 2.05) is 0 Å². The van der Waals surface area contributed by atoms with Crippen molar-refractivity contribution in [2.45, 2.75) is 46.6 Å². The van der Waals surface area contributed by atoms with E-state index in [4.69, 9.17) is 5.11 Å². The van der Waals surface area contributed by atoms with E-state index in [0.717, 1.165) is 19.4 Å². The molecule has 0 radical (unpaired) electrons. The van der Waals surface area contributed by atoms with Crippen molar-refractivity contribution in [1.29, 1.82) is 0 Å². The monoisotopic (exact) mass is 273 g/mol. The molecule has 0 aliphatic rings. The summed E-state index contributed by atoms with van der Waals surface area (Å²) in [5.41, 5.74) is 2.00. The van der Waals surface area contributed by atoms with Gasteiger partial charge in [0.1, 0.15) is 0 Å². The van der Waals surface area contributed by atoms with Crippen LogP contribution >= 0.6 is 0 Å². The summed E-state index contributed by atoms with van der Waals surface area (Å²) < 4.78 is 2.26. The molecule has 0 bridgehead atoms. The molecule has 0 amide bonds. The van der Waals surface area contributed by atoms with Crippen LogP contribution in [0.4, 0.5) is 0 Å². The van der Waals surface area contributed by atoms with E-state index in [1.54, 1.807) is 13.8 Å². The summed E-state index contributed by atoms with van der Waals surface area (Å²) in [5, 5.41) is 10.4. The number of aromatic nitrogens is 1. The molecule has 2 rings (SSSR count). The number of hydrogen-bond donors (Lipinski definition) is 1. The molecule has 1 heterocycles. The van der Waals surface area contributed by atoms with Crippen LogP contribution in [0.3, 0.4) is 0 Å². The third kappa shape index (κ3) is 2.87. The average Bonchev–Trinajstić information content (AvgIpc) is 2.82. The Balaban J connectivity index is 2.13. The van der Waals surface area contributed by atoms with Gasteiger partial charge in [0.25, 0.3) is 0 Å². The summed E-state index contributed by atoms with van der Waals surface area (Å²) in [5.74, 6) is -0.718. The topological polar surface area (TPSA) is 42.2 Å². The zero-order valence-corrected chi connectivity index (χ0v) is 12.5. The zero-order chi connectivity index (χ0) is 14.8. The maximum atomic E-state index is 11.1. The largest absolute Gasteiger partial charge is 0.481 e. The molecule has 1 N–H and O–H groups in total. The van der Waals surface area contributed by atoms with E-state index in [1.165, 1.54) is 16.5 Å². The number of hydrogen-bond acceptors (Lipinski definition) is 1. The fraction of sp³-hybridized carbons (Fsp3) is 0.471. The van der Waals surface area contributed by atoms with Gasteiger partial charge in [-0.3, -0.25) is 4.79 Å². The SMILES string of the molecule is CCc1cccc2ccn(CCCC(C)(C)C(=O)O)c12. The molecule has 3 nitrogen and oxygen atoms in total. The minimum atomic E-state index is -0.718. The van der Waals surface area contributed by atoms with Crippen LogP contribution in [0.5, 0.6) is 0 Å². The van der Waals surface area contributed by atoms with Crippen molar-refractivity contribution in [2.75, 3.05) is 0 Å². The van der Waals surface area contributed by atoms with Crippen LogP contribution in [0.2, 0.25) is 0 Å². The van der Waals surface area contributed by atoms with Gasteiger partial charge < -0.3 is 9.67 Å². The second-order valence-corrected chi connectivity index (χ2v) is 6.01. The summed E-state index contributed by atoms with van der Waals surface area (Å²) in [6, 6.07) is 8.53. The van der Waals surface area contributed by atoms with Gasteiger partial charge in [-0.2, -0.15) is 0 Å². The summed E-state index contributed by atoms with van der Waals surface area (Å²) in [7, 11) is 0. The van der Waals surface area contributed by atoms with Gasteiger partial charge in [0.15, 0.2) is 0 Å². The Kier molecular flexibility index (Phi) is 4.17. The van der Waals surface area contributed by atoms with Gasteiger partial charge in [-0.1, -0.05) is 25.1 Å². The van der Waals surface area contributed by atoms with Crippen LogP contribution in [0.25, 0.3) is 10.9 Å². The van der Waals surface area contributed by atoms with Crippen molar-refractivity contribution in [3.63, 3.8) is 0 Å². The molecule has 0 spiro atoms. The predicted octanol–water partition coefficient (Wildman–Crippen LogP) is 4.09. The molecule has 0 saturated heterocycles. The quantitative estimate of drug-likeness (QED) is 0.861. The summed E-state index contributed by atoms with van der Waals surface area (Å²) >= 11 is 0. The Hall–Kier alpha value is -1.77. The standard InChI is InChI=1S/C17H23NO2/c1-4-13-7-5-8-14-9-12-18(15(13)14)11-6-10-17(2,3)16(19)20/h5,7-9,12H,4,6,10-11H2,1-3H3,(H,19,20). The third-order valence-electron chi connectivity index (χ3n) is 4.03. The van der Waals surface area contributed by atoms with E-state index in [2.05, 4.69) is 42.0 Å². The first-order valence-corrected chi connectivity index (χ1v) is 7.26. The van der Waals surface area contributed by atoms with Crippen molar-refractivity contribution < 1.29 is 9.90 Å². The first kappa shape index (κ1) is 14.6. The van der Waals surface area contributed by atoms with Crippen LogP contribution < -0.4 is 0 Å². The van der Waals surface area contributed by atoms with Gasteiger partial charge in [-0.25, -0.2) is 0 Å². The molecule has 20 heavy (non-hydrogen) atoms. The highest BCUT2D eigenvalue weighted by Crippen LogP contribution is 2.25. The van der Waals surface area contributed by atoms with Crippen LogP contribution in [-0.2, 0) is 17.8 Å². The van der Waals surface area contributed by atoms with Crippen molar-refractivity contribution in [1.82, 2.24) is 4.57 Å². The van der Waals surface area contributed by atoms with E-state index in [0.29, 0.717) is 6.42 Å². The summed E-state index contributed by atoms with van der Waals surface area (Å²) in [4.78, 5) is 11.1. The Bertz CT molecular complexity index is 610. The summed E-state index contributed by atoms with van der Waals surface area (Å²) in [6.07, 6.45) is 4.69. The lowest BCUT2D eigenvalue weighted by Gasteiger charge is -2.19. The van der Waals surface area contributed by atoms with Gasteiger partial charge in [0.2, 0.25) is 0 Å². The zero-order valence-electron chi connectivity index (χ0n) is 12.5. The Morgan fingerprint density at radius 1 is 1.30 bits per heavy atom. The minimum Gasteiger partial charge on any atom is -0.481 e. The number of benzene rings is 1. The van der Waals surface area contributed by atoms with Crippen molar-refractivity contribution in [3.8, 4) is 0 Å². The van der Waals surface area contributed by atoms with Crippen molar-refractivity contribution >= 4 is 16.9 Å². The number of carboxylic acid groups (broad SMARTS) is 1. The second-order valence-electron chi connectivity index (χ2n) is 6.01. The number of aliphatic carboxylic acids is 1. The van der Waals surface area contributed by atoms with Crippen LogP contribution in [0.1, 0.15) is 39.2 Å². The molecule has 0 aliphatic heterocycles. The Morgan fingerprint density at radius 3 is 2.70 bits per heavy atom. The molecule has 0 atom stereocenters. The van der Waals surface area contributed by atoms with Gasteiger partial charge in [-0.05, 0) is 50.1 Å². The van der Waals surface area contributed by atoms with E-state index in [-0.39, 0.29) is 0 Å². The molecule has 0 aliphatic carbocycles. The number of nitrogens with zero attached hydrogens (tertiary/aromatic N) is 1. The third-order valence-corrected chi connectivity index (χ3v) is 4.03. The smallest absolute Gasteiger partial charge is 0.309 e. The van der Waals surface area contributed by atoms with Gasteiger partial charge in [-0.15, -0.1) is 0 Å². The van der Waals surface area contributed by atoms with Crippen molar-refractivity contribution in [3.05, 3.63) is 36.0 Å². The Morgan fingerprint density at radius 2 is 2.05 bits per heavy atom. The van der Waals surface area contributed by atoms with Crippen LogP contribution in [-0.4, -0.2) is 15.6 Å². The number of carboxylic acids is 1. The maximum Gasteiger partial charge on any atom is 0.309 e. The predicted molar refractivity (Wildman–Crippen MR) is 82.0 cm³/mol. The first-order valence-electron chi connectivity index (χ1n) is 7.26. The number of aryl methyl sites for hydroxylation is 2. The Labute approximate surface area is 120 Å². The van der Waals surface area contributed by atoms with Crippen molar-refractivity contribution in [2.24, 2.45) is 5.41 Å².